The monoisotopic (exact) mass is 226 g/mol. The Morgan fingerprint density at radius 1 is 1.31 bits per heavy atom. The summed E-state index contributed by atoms with van der Waals surface area (Å²) in [4.78, 5) is 12.4. The van der Waals surface area contributed by atoms with Crippen LogP contribution in [0.15, 0.2) is 0 Å². The van der Waals surface area contributed by atoms with Crippen LogP contribution in [0.4, 0.5) is 0 Å². The Bertz CT molecular complexity index is 255. The number of rotatable bonds is 5. The van der Waals surface area contributed by atoms with Gasteiger partial charge in [0.05, 0.1) is 0 Å². The normalized spacial score (nSPS) is 28.6. The molecule has 0 aromatic heterocycles. The molecule has 1 rings (SSSR count). The van der Waals surface area contributed by atoms with Crippen LogP contribution in [0.3, 0.4) is 0 Å². The van der Waals surface area contributed by atoms with E-state index in [1.54, 1.807) is 7.11 Å². The van der Waals surface area contributed by atoms with Gasteiger partial charge in [-0.2, -0.15) is 0 Å². The number of ketones is 1. The van der Waals surface area contributed by atoms with Crippen LogP contribution in [0, 0.1) is 11.3 Å². The number of methoxy groups -OCH3 is 1. The van der Waals surface area contributed by atoms with Crippen molar-refractivity contribution in [3.63, 3.8) is 0 Å². The van der Waals surface area contributed by atoms with Crippen molar-refractivity contribution >= 4 is 5.78 Å². The third-order valence-electron chi connectivity index (χ3n) is 4.17. The molecule has 0 amide bonds. The first-order chi connectivity index (χ1) is 7.35. The summed E-state index contributed by atoms with van der Waals surface area (Å²) in [6, 6.07) is 0. The van der Waals surface area contributed by atoms with E-state index in [-0.39, 0.29) is 5.41 Å². The van der Waals surface area contributed by atoms with E-state index < -0.39 is 5.60 Å². The van der Waals surface area contributed by atoms with Gasteiger partial charge in [-0.1, -0.05) is 27.7 Å². The third-order valence-corrected chi connectivity index (χ3v) is 4.17. The molecule has 1 aliphatic rings. The summed E-state index contributed by atoms with van der Waals surface area (Å²) >= 11 is 0. The molecule has 0 bridgehead atoms. The molecule has 1 fully saturated rings. The topological polar surface area (TPSA) is 26.3 Å². The molecule has 16 heavy (non-hydrogen) atoms. The highest BCUT2D eigenvalue weighted by molar-refractivity contribution is 5.88. The Labute approximate surface area is 99.8 Å². The maximum atomic E-state index is 12.4. The molecule has 1 saturated carbocycles. The van der Waals surface area contributed by atoms with E-state index in [0.29, 0.717) is 18.1 Å². The van der Waals surface area contributed by atoms with Gasteiger partial charge in [0.25, 0.3) is 0 Å². The molecule has 2 heteroatoms. The minimum atomic E-state index is -0.512. The van der Waals surface area contributed by atoms with E-state index in [2.05, 4.69) is 27.7 Å². The lowest BCUT2D eigenvalue weighted by Crippen LogP contribution is -2.49. The van der Waals surface area contributed by atoms with Crippen molar-refractivity contribution in [2.45, 2.75) is 65.4 Å². The molecule has 0 saturated heterocycles. The first-order valence-corrected chi connectivity index (χ1v) is 6.44. The Hall–Kier alpha value is -0.370. The van der Waals surface area contributed by atoms with Crippen LogP contribution >= 0.6 is 0 Å². The minimum Gasteiger partial charge on any atom is -0.370 e. The summed E-state index contributed by atoms with van der Waals surface area (Å²) in [5.74, 6) is 0.897. The van der Waals surface area contributed by atoms with E-state index in [0.717, 1.165) is 25.7 Å². The first-order valence-electron chi connectivity index (χ1n) is 6.44. The molecule has 1 unspecified atom stereocenters. The van der Waals surface area contributed by atoms with Crippen LogP contribution in [0.1, 0.15) is 59.8 Å². The molecule has 0 aromatic carbocycles. The van der Waals surface area contributed by atoms with Crippen molar-refractivity contribution in [3.05, 3.63) is 0 Å². The van der Waals surface area contributed by atoms with Crippen LogP contribution in [0.25, 0.3) is 0 Å². The van der Waals surface area contributed by atoms with Gasteiger partial charge in [0, 0.05) is 18.9 Å². The van der Waals surface area contributed by atoms with Gasteiger partial charge in [-0.25, -0.2) is 0 Å². The molecule has 0 aliphatic heterocycles. The highest BCUT2D eigenvalue weighted by Crippen LogP contribution is 2.49. The van der Waals surface area contributed by atoms with E-state index in [1.807, 2.05) is 0 Å². The molecule has 0 spiro atoms. The van der Waals surface area contributed by atoms with Crippen LogP contribution in [0.5, 0.6) is 0 Å². The second-order valence-corrected chi connectivity index (χ2v) is 6.12. The molecular formula is C14H26O2. The standard InChI is InChI=1S/C14H26O2/c1-11(2)7-8-12(15)14(16-5)10-6-9-13(14,3)4/h11H,6-10H2,1-5H3. The summed E-state index contributed by atoms with van der Waals surface area (Å²) in [6.07, 6.45) is 4.73. The summed E-state index contributed by atoms with van der Waals surface area (Å²) < 4.78 is 5.66. The number of hydrogen-bond acceptors (Lipinski definition) is 2. The zero-order chi connectivity index (χ0) is 12.4. The number of carbonyl (C=O) groups excluding carboxylic acids is 1. The quantitative estimate of drug-likeness (QED) is 0.716. The summed E-state index contributed by atoms with van der Waals surface area (Å²) in [5, 5.41) is 0. The molecule has 0 aromatic rings. The fourth-order valence-electron chi connectivity index (χ4n) is 2.95. The van der Waals surface area contributed by atoms with Crippen molar-refractivity contribution in [2.24, 2.45) is 11.3 Å². The average Bonchev–Trinajstić information content (AvgIpc) is 2.50. The largest absolute Gasteiger partial charge is 0.370 e. The molecular weight excluding hydrogens is 200 g/mol. The second-order valence-electron chi connectivity index (χ2n) is 6.12. The zero-order valence-corrected chi connectivity index (χ0v) is 11.4. The van der Waals surface area contributed by atoms with Crippen LogP contribution in [-0.4, -0.2) is 18.5 Å². The summed E-state index contributed by atoms with van der Waals surface area (Å²) in [6.45, 7) is 8.65. The highest BCUT2D eigenvalue weighted by atomic mass is 16.5. The first kappa shape index (κ1) is 13.7. The lowest BCUT2D eigenvalue weighted by Gasteiger charge is -2.39. The van der Waals surface area contributed by atoms with Gasteiger partial charge >= 0.3 is 0 Å². The number of ether oxygens (including phenoxy) is 1. The number of hydrogen-bond donors (Lipinski definition) is 0. The Kier molecular flexibility index (Phi) is 4.17. The van der Waals surface area contributed by atoms with Gasteiger partial charge < -0.3 is 4.74 Å². The van der Waals surface area contributed by atoms with Gasteiger partial charge in [0.2, 0.25) is 0 Å². The predicted octanol–water partition coefficient (Wildman–Crippen LogP) is 3.59. The molecule has 0 heterocycles. The maximum absolute atomic E-state index is 12.4. The van der Waals surface area contributed by atoms with Crippen molar-refractivity contribution < 1.29 is 9.53 Å². The molecule has 1 aliphatic carbocycles. The smallest absolute Gasteiger partial charge is 0.165 e. The van der Waals surface area contributed by atoms with Crippen LogP contribution in [0.2, 0.25) is 0 Å². The van der Waals surface area contributed by atoms with E-state index >= 15 is 0 Å². The molecule has 2 nitrogen and oxygen atoms in total. The minimum absolute atomic E-state index is 0.00415. The molecule has 94 valence electrons. The fraction of sp³-hybridized carbons (Fsp3) is 0.929. The highest BCUT2D eigenvalue weighted by Gasteiger charge is 2.53. The fourth-order valence-corrected chi connectivity index (χ4v) is 2.95. The second kappa shape index (κ2) is 4.87. The number of Topliss-reactive ketones (excluding diaryl/α,β-unsaturated/α-hetero) is 1. The van der Waals surface area contributed by atoms with Crippen molar-refractivity contribution in [1.29, 1.82) is 0 Å². The van der Waals surface area contributed by atoms with Gasteiger partial charge in [-0.3, -0.25) is 4.79 Å². The van der Waals surface area contributed by atoms with E-state index in [1.165, 1.54) is 0 Å². The molecule has 0 radical (unpaired) electrons. The zero-order valence-electron chi connectivity index (χ0n) is 11.4. The summed E-state index contributed by atoms with van der Waals surface area (Å²) in [5.41, 5.74) is -0.516. The molecule has 0 N–H and O–H groups in total. The van der Waals surface area contributed by atoms with Gasteiger partial charge in [-0.15, -0.1) is 0 Å². The van der Waals surface area contributed by atoms with Crippen molar-refractivity contribution in [2.75, 3.05) is 7.11 Å². The number of carbonyl (C=O) groups is 1. The molecule has 1 atom stereocenters. The Balaban J connectivity index is 2.76. The lowest BCUT2D eigenvalue weighted by molar-refractivity contribution is -0.153. The summed E-state index contributed by atoms with van der Waals surface area (Å²) in [7, 11) is 1.69. The van der Waals surface area contributed by atoms with Crippen molar-refractivity contribution in [1.82, 2.24) is 0 Å². The SMILES string of the molecule is COC1(C(=O)CCC(C)C)CCCC1(C)C. The third kappa shape index (κ3) is 2.32. The van der Waals surface area contributed by atoms with Gasteiger partial charge in [0.15, 0.2) is 5.78 Å². The van der Waals surface area contributed by atoms with E-state index in [4.69, 9.17) is 4.74 Å². The van der Waals surface area contributed by atoms with Crippen LogP contribution < -0.4 is 0 Å². The van der Waals surface area contributed by atoms with Gasteiger partial charge in [-0.05, 0) is 31.6 Å². The Morgan fingerprint density at radius 2 is 1.94 bits per heavy atom. The predicted molar refractivity (Wildman–Crippen MR) is 66.5 cm³/mol. The van der Waals surface area contributed by atoms with E-state index in [9.17, 15) is 4.79 Å². The Morgan fingerprint density at radius 3 is 2.31 bits per heavy atom. The lowest BCUT2D eigenvalue weighted by atomic mass is 9.73. The van der Waals surface area contributed by atoms with Gasteiger partial charge in [0.1, 0.15) is 5.60 Å². The maximum Gasteiger partial charge on any atom is 0.165 e. The van der Waals surface area contributed by atoms with Crippen LogP contribution in [-0.2, 0) is 9.53 Å². The average molecular weight is 226 g/mol. The van der Waals surface area contributed by atoms with Crippen molar-refractivity contribution in [3.8, 4) is 0 Å².